The fourth-order valence-electron chi connectivity index (χ4n) is 3.06. The van der Waals surface area contributed by atoms with E-state index in [-0.39, 0.29) is 23.6 Å². The zero-order valence-electron chi connectivity index (χ0n) is 13.1. The number of amides is 1. The van der Waals surface area contributed by atoms with Crippen LogP contribution in [0.3, 0.4) is 0 Å². The van der Waals surface area contributed by atoms with Crippen LogP contribution in [0.5, 0.6) is 0 Å². The van der Waals surface area contributed by atoms with Gasteiger partial charge >= 0.3 is 0 Å². The van der Waals surface area contributed by atoms with Gasteiger partial charge in [0.2, 0.25) is 11.5 Å². The maximum atomic E-state index is 12.4. The number of hydrogen-bond donors (Lipinski definition) is 2. The van der Waals surface area contributed by atoms with Crippen molar-refractivity contribution in [1.29, 1.82) is 0 Å². The van der Waals surface area contributed by atoms with Gasteiger partial charge in [0, 0.05) is 30.9 Å². The summed E-state index contributed by atoms with van der Waals surface area (Å²) in [5, 5.41) is 3.43. The molecule has 1 aromatic rings. The predicted molar refractivity (Wildman–Crippen MR) is 83.3 cm³/mol. The van der Waals surface area contributed by atoms with E-state index in [2.05, 4.69) is 10.3 Å². The van der Waals surface area contributed by atoms with Gasteiger partial charge in [0.25, 0.3) is 0 Å². The Morgan fingerprint density at radius 3 is 2.81 bits per heavy atom. The van der Waals surface area contributed by atoms with E-state index in [0.717, 1.165) is 43.6 Å². The van der Waals surface area contributed by atoms with Gasteiger partial charge in [-0.1, -0.05) is 6.07 Å². The average Bonchev–Trinajstić information content (AvgIpc) is 2.48. The first-order chi connectivity index (χ1) is 10.1. The Kier molecular flexibility index (Phi) is 5.17. The predicted octanol–water partition coefficient (Wildman–Crippen LogP) is 1.60. The van der Waals surface area contributed by atoms with E-state index in [1.807, 2.05) is 31.7 Å². The van der Waals surface area contributed by atoms with Gasteiger partial charge in [-0.05, 0) is 45.6 Å². The van der Waals surface area contributed by atoms with Crippen LogP contribution in [0, 0.1) is 0 Å². The number of carbonyl (C=O) groups excluding carboxylic acids is 1. The highest BCUT2D eigenvalue weighted by Crippen LogP contribution is 2.27. The van der Waals surface area contributed by atoms with Crippen molar-refractivity contribution in [3.63, 3.8) is 0 Å². The minimum absolute atomic E-state index is 0.0540. The van der Waals surface area contributed by atoms with E-state index in [0.29, 0.717) is 0 Å². The summed E-state index contributed by atoms with van der Waals surface area (Å²) >= 11 is 0. The summed E-state index contributed by atoms with van der Waals surface area (Å²) in [5.74, 6) is 0.136. The summed E-state index contributed by atoms with van der Waals surface area (Å²) in [6.07, 6.45) is 2.92. The number of rotatable bonds is 5. The van der Waals surface area contributed by atoms with Gasteiger partial charge in [-0.25, -0.2) is 0 Å². The molecule has 1 aromatic heterocycles. The molecule has 0 saturated heterocycles. The van der Waals surface area contributed by atoms with Crippen molar-refractivity contribution in [2.75, 3.05) is 13.1 Å². The average molecular weight is 291 g/mol. The Morgan fingerprint density at radius 2 is 2.14 bits per heavy atom. The maximum Gasteiger partial charge on any atom is 0.248 e. The highest BCUT2D eigenvalue weighted by Gasteiger charge is 2.25. The van der Waals surface area contributed by atoms with E-state index >= 15 is 0 Å². The second-order valence-corrected chi connectivity index (χ2v) is 5.60. The molecule has 2 atom stereocenters. The molecular formula is C16H25N3O2. The van der Waals surface area contributed by atoms with Crippen molar-refractivity contribution in [2.45, 2.75) is 52.1 Å². The number of aromatic amines is 1. The molecule has 0 saturated carbocycles. The number of fused-ring (bicyclic) bond motifs is 1. The molecule has 0 aromatic carbocycles. The molecule has 0 fully saturated rings. The van der Waals surface area contributed by atoms with E-state index in [1.54, 1.807) is 6.07 Å². The molecule has 21 heavy (non-hydrogen) atoms. The summed E-state index contributed by atoms with van der Waals surface area (Å²) in [5.41, 5.74) is 2.08. The molecule has 1 amide bonds. The quantitative estimate of drug-likeness (QED) is 0.866. The molecule has 0 aliphatic heterocycles. The summed E-state index contributed by atoms with van der Waals surface area (Å²) in [7, 11) is 0. The van der Waals surface area contributed by atoms with E-state index in [9.17, 15) is 9.59 Å². The number of likely N-dealkylation sites (N-methyl/N-ethyl adjacent to an activating group) is 1. The van der Waals surface area contributed by atoms with Crippen LogP contribution in [-0.4, -0.2) is 34.9 Å². The van der Waals surface area contributed by atoms with Gasteiger partial charge in [0.15, 0.2) is 0 Å². The smallest absolute Gasteiger partial charge is 0.248 e. The summed E-state index contributed by atoms with van der Waals surface area (Å²) < 4.78 is 0. The molecule has 5 nitrogen and oxygen atoms in total. The first-order valence-electron chi connectivity index (χ1n) is 7.83. The monoisotopic (exact) mass is 291 g/mol. The number of nitrogens with zero attached hydrogens (tertiary/aromatic N) is 1. The number of hydrogen-bond acceptors (Lipinski definition) is 3. The topological polar surface area (TPSA) is 65.2 Å². The molecule has 2 unspecified atom stereocenters. The number of pyridine rings is 1. The van der Waals surface area contributed by atoms with Crippen LogP contribution in [0.15, 0.2) is 16.9 Å². The number of nitrogens with one attached hydrogen (secondary N) is 2. The van der Waals surface area contributed by atoms with Crippen molar-refractivity contribution < 1.29 is 4.79 Å². The lowest BCUT2D eigenvalue weighted by Crippen LogP contribution is -2.46. The second kappa shape index (κ2) is 6.89. The fraction of sp³-hybridized carbons (Fsp3) is 0.625. The standard InChI is InChI=1S/C16H25N3O2/c1-4-19(5-2)16(21)11(3)17-13-7-6-8-14-12(13)9-10-15(20)18-14/h9-11,13,17H,4-8H2,1-3H3,(H,18,20). The minimum atomic E-state index is -0.215. The summed E-state index contributed by atoms with van der Waals surface area (Å²) in [4.78, 5) is 28.5. The first-order valence-corrected chi connectivity index (χ1v) is 7.83. The summed E-state index contributed by atoms with van der Waals surface area (Å²) in [6.45, 7) is 7.37. The van der Waals surface area contributed by atoms with Gasteiger partial charge in [-0.2, -0.15) is 0 Å². The molecule has 0 bridgehead atoms. The van der Waals surface area contributed by atoms with Crippen molar-refractivity contribution in [1.82, 2.24) is 15.2 Å². The number of aromatic nitrogens is 1. The Bertz CT molecular complexity index is 549. The molecule has 116 valence electrons. The van der Waals surface area contributed by atoms with Crippen molar-refractivity contribution in [3.8, 4) is 0 Å². The van der Waals surface area contributed by atoms with Crippen molar-refractivity contribution in [3.05, 3.63) is 33.7 Å². The Labute approximate surface area is 125 Å². The lowest BCUT2D eigenvalue weighted by molar-refractivity contribution is -0.132. The Balaban J connectivity index is 2.11. The van der Waals surface area contributed by atoms with Gasteiger partial charge < -0.3 is 9.88 Å². The fourth-order valence-corrected chi connectivity index (χ4v) is 3.06. The number of H-pyrrole nitrogens is 1. The van der Waals surface area contributed by atoms with Crippen LogP contribution in [0.25, 0.3) is 0 Å². The van der Waals surface area contributed by atoms with Crippen LogP contribution < -0.4 is 10.9 Å². The molecule has 1 aliphatic rings. The normalized spacial score (nSPS) is 18.9. The number of aryl methyl sites for hydroxylation is 1. The maximum absolute atomic E-state index is 12.4. The van der Waals surface area contributed by atoms with Crippen LogP contribution in [0.2, 0.25) is 0 Å². The van der Waals surface area contributed by atoms with E-state index < -0.39 is 0 Å². The zero-order chi connectivity index (χ0) is 15.4. The van der Waals surface area contributed by atoms with E-state index in [1.165, 1.54) is 0 Å². The minimum Gasteiger partial charge on any atom is -0.342 e. The summed E-state index contributed by atoms with van der Waals surface area (Å²) in [6, 6.07) is 3.38. The second-order valence-electron chi connectivity index (χ2n) is 5.60. The molecule has 2 rings (SSSR count). The third-order valence-corrected chi connectivity index (χ3v) is 4.23. The van der Waals surface area contributed by atoms with Gasteiger partial charge in [0.05, 0.1) is 6.04 Å². The molecule has 0 spiro atoms. The zero-order valence-corrected chi connectivity index (χ0v) is 13.1. The molecule has 2 N–H and O–H groups in total. The lowest BCUT2D eigenvalue weighted by atomic mass is 9.91. The molecule has 1 aliphatic carbocycles. The molecule has 0 radical (unpaired) electrons. The highest BCUT2D eigenvalue weighted by atomic mass is 16.2. The molecule has 5 heteroatoms. The Hall–Kier alpha value is -1.62. The van der Waals surface area contributed by atoms with Gasteiger partial charge in [0.1, 0.15) is 0 Å². The van der Waals surface area contributed by atoms with Crippen molar-refractivity contribution >= 4 is 5.91 Å². The number of carbonyl (C=O) groups is 1. The third kappa shape index (κ3) is 3.53. The highest BCUT2D eigenvalue weighted by molar-refractivity contribution is 5.81. The first kappa shape index (κ1) is 15.8. The van der Waals surface area contributed by atoms with Crippen LogP contribution in [-0.2, 0) is 11.2 Å². The van der Waals surface area contributed by atoms with Gasteiger partial charge in [-0.3, -0.25) is 14.9 Å². The molecular weight excluding hydrogens is 266 g/mol. The Morgan fingerprint density at radius 1 is 1.43 bits per heavy atom. The lowest BCUT2D eigenvalue weighted by Gasteiger charge is -2.30. The van der Waals surface area contributed by atoms with Crippen LogP contribution in [0.1, 0.15) is 50.9 Å². The van der Waals surface area contributed by atoms with E-state index in [4.69, 9.17) is 0 Å². The SMILES string of the molecule is CCN(CC)C(=O)C(C)NC1CCCc2[nH]c(=O)ccc21. The van der Waals surface area contributed by atoms with Crippen molar-refractivity contribution in [2.24, 2.45) is 0 Å². The molecule has 1 heterocycles. The van der Waals surface area contributed by atoms with Crippen LogP contribution in [0.4, 0.5) is 0 Å². The third-order valence-electron chi connectivity index (χ3n) is 4.23. The largest absolute Gasteiger partial charge is 0.342 e. The van der Waals surface area contributed by atoms with Gasteiger partial charge in [-0.15, -0.1) is 0 Å². The van der Waals surface area contributed by atoms with Crippen LogP contribution >= 0.6 is 0 Å².